The molecular weight excluding hydrogens is 304 g/mol. The van der Waals surface area contributed by atoms with Crippen molar-refractivity contribution in [3.8, 4) is 0 Å². The highest BCUT2D eigenvalue weighted by Crippen LogP contribution is 2.17. The number of carbonyl (C=O) groups excluding carboxylic acids is 1. The Morgan fingerprint density at radius 3 is 2.83 bits per heavy atom. The number of benzene rings is 1. The molecule has 0 aliphatic heterocycles. The van der Waals surface area contributed by atoms with Crippen molar-refractivity contribution in [3.63, 3.8) is 0 Å². The number of aromatic nitrogens is 1. The number of nitrogens with one attached hydrogen (secondary N) is 1. The number of amides is 1. The Balaban J connectivity index is 1.52. The van der Waals surface area contributed by atoms with Crippen LogP contribution in [0.1, 0.15) is 28.2 Å². The Morgan fingerprint density at radius 1 is 1.25 bits per heavy atom. The normalized spacial score (nSPS) is 12.2. The highest BCUT2D eigenvalue weighted by molar-refractivity contribution is 5.95. The van der Waals surface area contributed by atoms with Crippen LogP contribution in [0.25, 0.3) is 11.1 Å². The zero-order chi connectivity index (χ0) is 16.9. The summed E-state index contributed by atoms with van der Waals surface area (Å²) in [5.74, 6) is -0.136. The monoisotopic (exact) mass is 324 g/mol. The van der Waals surface area contributed by atoms with Crippen LogP contribution in [0, 0.1) is 6.92 Å². The van der Waals surface area contributed by atoms with Crippen molar-refractivity contribution < 1.29 is 14.3 Å². The number of hydrogen-bond acceptors (Lipinski definition) is 4. The molecule has 0 spiro atoms. The molecule has 0 aliphatic rings. The topological polar surface area (TPSA) is 75.4 Å². The van der Waals surface area contributed by atoms with E-state index in [2.05, 4.69) is 10.3 Å². The molecule has 2 heterocycles. The minimum absolute atomic E-state index is 0.190. The van der Waals surface area contributed by atoms with Gasteiger partial charge in [-0.05, 0) is 37.5 Å². The number of aryl methyl sites for hydroxylation is 2. The second kappa shape index (κ2) is 7.27. The maximum atomic E-state index is 12.1. The fraction of sp³-hybridized carbons (Fsp3) is 0.263. The van der Waals surface area contributed by atoms with E-state index in [1.165, 1.54) is 5.56 Å². The van der Waals surface area contributed by atoms with Crippen molar-refractivity contribution in [2.45, 2.75) is 25.9 Å². The molecule has 0 unspecified atom stereocenters. The standard InChI is InChI=1S/C19H20N2O3/c1-13-7-10-17-16(21-13)11-18(24-17)19(23)20-12-15(22)9-8-14-5-3-2-4-6-14/h2-7,10-11,15,22H,8-9,12H2,1H3,(H,20,23)/t15-/m0/s1. The van der Waals surface area contributed by atoms with E-state index in [-0.39, 0.29) is 18.2 Å². The molecule has 0 fully saturated rings. The number of nitrogens with zero attached hydrogens (tertiary/aromatic N) is 1. The lowest BCUT2D eigenvalue weighted by Crippen LogP contribution is -2.32. The van der Waals surface area contributed by atoms with Gasteiger partial charge in [0.05, 0.1) is 6.10 Å². The second-order valence-corrected chi connectivity index (χ2v) is 5.83. The Bertz CT molecular complexity index is 827. The van der Waals surface area contributed by atoms with Crippen molar-refractivity contribution in [1.29, 1.82) is 0 Å². The third-order valence-electron chi connectivity index (χ3n) is 3.84. The molecule has 124 valence electrons. The first-order chi connectivity index (χ1) is 11.6. The van der Waals surface area contributed by atoms with Gasteiger partial charge in [0, 0.05) is 18.3 Å². The van der Waals surface area contributed by atoms with Crippen molar-refractivity contribution in [2.75, 3.05) is 6.54 Å². The quantitative estimate of drug-likeness (QED) is 0.731. The third-order valence-corrected chi connectivity index (χ3v) is 3.84. The highest BCUT2D eigenvalue weighted by Gasteiger charge is 2.14. The molecule has 0 saturated heterocycles. The second-order valence-electron chi connectivity index (χ2n) is 5.83. The van der Waals surface area contributed by atoms with Gasteiger partial charge in [0.15, 0.2) is 11.3 Å². The maximum absolute atomic E-state index is 12.1. The van der Waals surface area contributed by atoms with Crippen molar-refractivity contribution in [2.24, 2.45) is 0 Å². The zero-order valence-electron chi connectivity index (χ0n) is 13.5. The molecule has 2 N–H and O–H groups in total. The van der Waals surface area contributed by atoms with Gasteiger partial charge in [-0.2, -0.15) is 0 Å². The molecular formula is C19H20N2O3. The summed E-state index contributed by atoms with van der Waals surface area (Å²) in [6.45, 7) is 2.07. The van der Waals surface area contributed by atoms with Crippen LogP contribution in [0.4, 0.5) is 0 Å². The van der Waals surface area contributed by atoms with Gasteiger partial charge in [-0.25, -0.2) is 4.98 Å². The highest BCUT2D eigenvalue weighted by atomic mass is 16.3. The molecule has 5 heteroatoms. The van der Waals surface area contributed by atoms with Gasteiger partial charge in [-0.15, -0.1) is 0 Å². The molecule has 0 bridgehead atoms. The summed E-state index contributed by atoms with van der Waals surface area (Å²) < 4.78 is 5.49. The Kier molecular flexibility index (Phi) is 4.91. The van der Waals surface area contributed by atoms with Gasteiger partial charge >= 0.3 is 0 Å². The van der Waals surface area contributed by atoms with Crippen LogP contribution < -0.4 is 5.32 Å². The molecule has 0 radical (unpaired) electrons. The van der Waals surface area contributed by atoms with E-state index in [4.69, 9.17) is 4.42 Å². The Labute approximate surface area is 140 Å². The van der Waals surface area contributed by atoms with E-state index in [1.807, 2.05) is 43.3 Å². The molecule has 2 aromatic heterocycles. The zero-order valence-corrected chi connectivity index (χ0v) is 13.5. The first kappa shape index (κ1) is 16.2. The number of carbonyl (C=O) groups is 1. The number of aliphatic hydroxyl groups excluding tert-OH is 1. The van der Waals surface area contributed by atoms with Crippen molar-refractivity contribution in [1.82, 2.24) is 10.3 Å². The van der Waals surface area contributed by atoms with E-state index in [0.29, 0.717) is 17.5 Å². The lowest BCUT2D eigenvalue weighted by Gasteiger charge is -2.11. The van der Waals surface area contributed by atoms with Gasteiger partial charge < -0.3 is 14.8 Å². The minimum Gasteiger partial charge on any atom is -0.449 e. The van der Waals surface area contributed by atoms with Crippen LogP contribution in [0.3, 0.4) is 0 Å². The minimum atomic E-state index is -0.598. The van der Waals surface area contributed by atoms with Crippen LogP contribution in [0.15, 0.2) is 52.9 Å². The van der Waals surface area contributed by atoms with Gasteiger partial charge in [0.2, 0.25) is 0 Å². The van der Waals surface area contributed by atoms with Gasteiger partial charge in [0.25, 0.3) is 5.91 Å². The van der Waals surface area contributed by atoms with E-state index in [1.54, 1.807) is 12.1 Å². The molecule has 5 nitrogen and oxygen atoms in total. The first-order valence-corrected chi connectivity index (χ1v) is 7.99. The largest absolute Gasteiger partial charge is 0.449 e. The molecule has 1 aromatic carbocycles. The fourth-order valence-electron chi connectivity index (χ4n) is 2.52. The average molecular weight is 324 g/mol. The van der Waals surface area contributed by atoms with Crippen LogP contribution in [-0.4, -0.2) is 28.6 Å². The number of hydrogen-bond donors (Lipinski definition) is 2. The Hall–Kier alpha value is -2.66. The molecule has 0 aliphatic carbocycles. The van der Waals surface area contributed by atoms with E-state index >= 15 is 0 Å². The average Bonchev–Trinajstić information content (AvgIpc) is 3.02. The van der Waals surface area contributed by atoms with Crippen LogP contribution in [0.5, 0.6) is 0 Å². The van der Waals surface area contributed by atoms with Gasteiger partial charge in [0.1, 0.15) is 5.52 Å². The van der Waals surface area contributed by atoms with Crippen molar-refractivity contribution in [3.05, 3.63) is 65.5 Å². The smallest absolute Gasteiger partial charge is 0.287 e. The predicted molar refractivity (Wildman–Crippen MR) is 91.8 cm³/mol. The number of furan rings is 1. The van der Waals surface area contributed by atoms with Crippen molar-refractivity contribution >= 4 is 17.0 Å². The molecule has 3 aromatic rings. The van der Waals surface area contributed by atoms with Crippen LogP contribution in [-0.2, 0) is 6.42 Å². The molecule has 1 amide bonds. The van der Waals surface area contributed by atoms with Gasteiger partial charge in [-0.1, -0.05) is 30.3 Å². The fourth-order valence-corrected chi connectivity index (χ4v) is 2.52. The number of aliphatic hydroxyl groups is 1. The summed E-state index contributed by atoms with van der Waals surface area (Å²) in [4.78, 5) is 16.4. The summed E-state index contributed by atoms with van der Waals surface area (Å²) >= 11 is 0. The summed E-state index contributed by atoms with van der Waals surface area (Å²) in [5, 5.41) is 12.7. The number of rotatable bonds is 6. The lowest BCUT2D eigenvalue weighted by molar-refractivity contribution is 0.0886. The summed E-state index contributed by atoms with van der Waals surface area (Å²) in [7, 11) is 0. The summed E-state index contributed by atoms with van der Waals surface area (Å²) in [5.41, 5.74) is 3.27. The van der Waals surface area contributed by atoms with E-state index in [0.717, 1.165) is 12.1 Å². The van der Waals surface area contributed by atoms with E-state index in [9.17, 15) is 9.90 Å². The summed E-state index contributed by atoms with van der Waals surface area (Å²) in [6, 6.07) is 15.2. The first-order valence-electron chi connectivity index (χ1n) is 7.99. The van der Waals surface area contributed by atoms with Crippen LogP contribution >= 0.6 is 0 Å². The molecule has 0 saturated carbocycles. The van der Waals surface area contributed by atoms with E-state index < -0.39 is 6.10 Å². The third kappa shape index (κ3) is 4.00. The Morgan fingerprint density at radius 2 is 2.04 bits per heavy atom. The predicted octanol–water partition coefficient (Wildman–Crippen LogP) is 2.86. The summed E-state index contributed by atoms with van der Waals surface area (Å²) in [6.07, 6.45) is 0.760. The molecule has 3 rings (SSSR count). The van der Waals surface area contributed by atoms with Gasteiger partial charge in [-0.3, -0.25) is 4.79 Å². The number of pyridine rings is 1. The maximum Gasteiger partial charge on any atom is 0.287 e. The molecule has 24 heavy (non-hydrogen) atoms. The molecule has 1 atom stereocenters. The lowest BCUT2D eigenvalue weighted by atomic mass is 10.1. The number of fused-ring (bicyclic) bond motifs is 1. The van der Waals surface area contributed by atoms with Crippen LogP contribution in [0.2, 0.25) is 0 Å². The SMILES string of the molecule is Cc1ccc2oc(C(=O)NC[C@@H](O)CCc3ccccc3)cc2n1.